The number of thioether (sulfide) groups is 1. The summed E-state index contributed by atoms with van der Waals surface area (Å²) in [4.78, 5) is 13.0. The first kappa shape index (κ1) is 11.8. The molecule has 0 fully saturated rings. The molecule has 0 spiro atoms. The van der Waals surface area contributed by atoms with Crippen molar-refractivity contribution in [2.75, 3.05) is 25.9 Å². The first-order valence-corrected chi connectivity index (χ1v) is 5.22. The molecule has 3 nitrogen and oxygen atoms in total. The van der Waals surface area contributed by atoms with Gasteiger partial charge in [-0.3, -0.25) is 4.79 Å². The summed E-state index contributed by atoms with van der Waals surface area (Å²) < 4.78 is 0. The van der Waals surface area contributed by atoms with Crippen molar-refractivity contribution < 1.29 is 4.79 Å². The topological polar surface area (TPSA) is 46.3 Å². The average molecular weight is 190 g/mol. The van der Waals surface area contributed by atoms with Crippen molar-refractivity contribution in [2.45, 2.75) is 19.1 Å². The fraction of sp³-hybridized carbons (Fsp3) is 0.875. The zero-order chi connectivity index (χ0) is 9.56. The number of nitrogens with two attached hydrogens (primary N) is 1. The predicted octanol–water partition coefficient (Wildman–Crippen LogP) is 0.545. The Bertz CT molecular complexity index is 141. The lowest BCUT2D eigenvalue weighted by atomic mass is 10.5. The highest BCUT2D eigenvalue weighted by atomic mass is 32.2. The van der Waals surface area contributed by atoms with E-state index in [1.807, 2.05) is 20.9 Å². The van der Waals surface area contributed by atoms with Crippen LogP contribution in [0, 0.1) is 0 Å². The van der Waals surface area contributed by atoms with E-state index in [1.165, 1.54) is 0 Å². The number of hydrogen-bond donors (Lipinski definition) is 1. The second kappa shape index (κ2) is 6.31. The molecule has 2 N–H and O–H groups in total. The molecule has 1 unspecified atom stereocenters. The number of nitrogens with zero attached hydrogens (tertiary/aromatic N) is 1. The van der Waals surface area contributed by atoms with Crippen LogP contribution in [0.4, 0.5) is 0 Å². The summed E-state index contributed by atoms with van der Waals surface area (Å²) in [7, 11) is 1.82. The summed E-state index contributed by atoms with van der Waals surface area (Å²) in [6.45, 7) is 5.41. The van der Waals surface area contributed by atoms with Crippen molar-refractivity contribution in [3.05, 3.63) is 0 Å². The molecule has 0 bridgehead atoms. The van der Waals surface area contributed by atoms with Crippen LogP contribution in [0.3, 0.4) is 0 Å². The lowest BCUT2D eigenvalue weighted by Gasteiger charge is -2.15. The van der Waals surface area contributed by atoms with E-state index in [9.17, 15) is 4.79 Å². The van der Waals surface area contributed by atoms with Crippen LogP contribution in [0.1, 0.15) is 13.8 Å². The zero-order valence-corrected chi connectivity index (χ0v) is 8.86. The van der Waals surface area contributed by atoms with Gasteiger partial charge in [0.25, 0.3) is 0 Å². The second-order valence-corrected chi connectivity index (χ2v) is 4.19. The monoisotopic (exact) mass is 190 g/mol. The van der Waals surface area contributed by atoms with Crippen LogP contribution < -0.4 is 5.73 Å². The largest absolute Gasteiger partial charge is 0.345 e. The Kier molecular flexibility index (Phi) is 6.20. The molecule has 0 radical (unpaired) electrons. The van der Waals surface area contributed by atoms with E-state index in [-0.39, 0.29) is 5.91 Å². The maximum Gasteiger partial charge on any atom is 0.232 e. The van der Waals surface area contributed by atoms with Crippen molar-refractivity contribution in [2.24, 2.45) is 5.73 Å². The SMILES string of the molecule is CCN(C)C(=O)CSC(C)CN. The summed E-state index contributed by atoms with van der Waals surface area (Å²) in [5.74, 6) is 0.727. The molecule has 0 aliphatic rings. The van der Waals surface area contributed by atoms with Crippen molar-refractivity contribution in [1.29, 1.82) is 0 Å². The lowest BCUT2D eigenvalue weighted by Crippen LogP contribution is -2.29. The molecule has 0 aromatic carbocycles. The number of amides is 1. The predicted molar refractivity (Wildman–Crippen MR) is 54.3 cm³/mol. The van der Waals surface area contributed by atoms with Gasteiger partial charge in [-0.25, -0.2) is 0 Å². The number of carbonyl (C=O) groups excluding carboxylic acids is 1. The van der Waals surface area contributed by atoms with Crippen LogP contribution in [-0.2, 0) is 4.79 Å². The maximum atomic E-state index is 11.3. The van der Waals surface area contributed by atoms with E-state index in [4.69, 9.17) is 5.73 Å². The summed E-state index contributed by atoms with van der Waals surface area (Å²) >= 11 is 1.61. The Morgan fingerprint density at radius 1 is 1.67 bits per heavy atom. The standard InChI is InChI=1S/C8H18N2OS/c1-4-10(3)8(11)6-12-7(2)5-9/h7H,4-6,9H2,1-3H3. The quantitative estimate of drug-likeness (QED) is 0.688. The smallest absolute Gasteiger partial charge is 0.232 e. The molecule has 4 heteroatoms. The Labute approximate surface area is 78.7 Å². The van der Waals surface area contributed by atoms with Crippen molar-refractivity contribution in [1.82, 2.24) is 4.90 Å². The zero-order valence-electron chi connectivity index (χ0n) is 8.04. The van der Waals surface area contributed by atoms with Gasteiger partial charge in [-0.1, -0.05) is 6.92 Å². The van der Waals surface area contributed by atoms with E-state index in [1.54, 1.807) is 16.7 Å². The Morgan fingerprint density at radius 2 is 2.25 bits per heavy atom. The molecule has 0 saturated carbocycles. The van der Waals surface area contributed by atoms with E-state index < -0.39 is 0 Å². The molecule has 12 heavy (non-hydrogen) atoms. The summed E-state index contributed by atoms with van der Waals surface area (Å²) in [6.07, 6.45) is 0. The van der Waals surface area contributed by atoms with Gasteiger partial charge < -0.3 is 10.6 Å². The van der Waals surface area contributed by atoms with Crippen LogP contribution in [0.15, 0.2) is 0 Å². The molecule has 0 aliphatic carbocycles. The summed E-state index contributed by atoms with van der Waals surface area (Å²) in [5.41, 5.74) is 5.42. The molecule has 0 rings (SSSR count). The van der Waals surface area contributed by atoms with Crippen LogP contribution in [0.25, 0.3) is 0 Å². The number of hydrogen-bond acceptors (Lipinski definition) is 3. The highest BCUT2D eigenvalue weighted by Crippen LogP contribution is 2.08. The molecular weight excluding hydrogens is 172 g/mol. The van der Waals surface area contributed by atoms with E-state index in [0.717, 1.165) is 6.54 Å². The maximum absolute atomic E-state index is 11.3. The van der Waals surface area contributed by atoms with Gasteiger partial charge in [-0.05, 0) is 6.92 Å². The van der Waals surface area contributed by atoms with Gasteiger partial charge in [0.1, 0.15) is 0 Å². The van der Waals surface area contributed by atoms with E-state index in [0.29, 0.717) is 17.5 Å². The molecule has 1 atom stereocenters. The fourth-order valence-corrected chi connectivity index (χ4v) is 1.35. The summed E-state index contributed by atoms with van der Waals surface area (Å²) in [6, 6.07) is 0. The van der Waals surface area contributed by atoms with E-state index >= 15 is 0 Å². The third kappa shape index (κ3) is 4.62. The first-order valence-electron chi connectivity index (χ1n) is 4.17. The molecule has 0 aliphatic heterocycles. The van der Waals surface area contributed by atoms with Crippen molar-refractivity contribution in [3.8, 4) is 0 Å². The van der Waals surface area contributed by atoms with Gasteiger partial charge in [0, 0.05) is 25.4 Å². The van der Waals surface area contributed by atoms with Crippen LogP contribution >= 0.6 is 11.8 Å². The van der Waals surface area contributed by atoms with Gasteiger partial charge in [0.05, 0.1) is 5.75 Å². The molecule has 72 valence electrons. The Hall–Kier alpha value is -0.220. The third-order valence-electron chi connectivity index (χ3n) is 1.72. The highest BCUT2D eigenvalue weighted by molar-refractivity contribution is 8.00. The first-order chi connectivity index (χ1) is 5.61. The van der Waals surface area contributed by atoms with Crippen molar-refractivity contribution in [3.63, 3.8) is 0 Å². The molecular formula is C8H18N2OS. The van der Waals surface area contributed by atoms with E-state index in [2.05, 4.69) is 0 Å². The molecule has 0 saturated heterocycles. The number of carbonyl (C=O) groups is 1. The van der Waals surface area contributed by atoms with Crippen LogP contribution in [-0.4, -0.2) is 41.9 Å². The van der Waals surface area contributed by atoms with Crippen LogP contribution in [0.5, 0.6) is 0 Å². The Morgan fingerprint density at radius 3 is 2.67 bits per heavy atom. The van der Waals surface area contributed by atoms with Gasteiger partial charge in [-0.15, -0.1) is 11.8 Å². The fourth-order valence-electron chi connectivity index (χ4n) is 0.568. The van der Waals surface area contributed by atoms with Crippen LogP contribution in [0.2, 0.25) is 0 Å². The minimum atomic E-state index is 0.183. The molecule has 0 aromatic heterocycles. The average Bonchev–Trinajstić information content (AvgIpc) is 2.11. The van der Waals surface area contributed by atoms with Gasteiger partial charge in [0.2, 0.25) is 5.91 Å². The van der Waals surface area contributed by atoms with Crippen molar-refractivity contribution >= 4 is 17.7 Å². The summed E-state index contributed by atoms with van der Waals surface area (Å²) in [5, 5.41) is 0.374. The second-order valence-electron chi connectivity index (χ2n) is 2.77. The molecule has 1 amide bonds. The number of rotatable bonds is 5. The minimum Gasteiger partial charge on any atom is -0.345 e. The van der Waals surface area contributed by atoms with Gasteiger partial charge in [-0.2, -0.15) is 0 Å². The Balaban J connectivity index is 3.56. The highest BCUT2D eigenvalue weighted by Gasteiger charge is 2.08. The van der Waals surface area contributed by atoms with Gasteiger partial charge >= 0.3 is 0 Å². The minimum absolute atomic E-state index is 0.183. The third-order valence-corrected chi connectivity index (χ3v) is 2.90. The molecule has 0 aromatic rings. The lowest BCUT2D eigenvalue weighted by molar-refractivity contribution is -0.126. The normalized spacial score (nSPS) is 12.7. The molecule has 0 heterocycles. The van der Waals surface area contributed by atoms with Gasteiger partial charge in [0.15, 0.2) is 0 Å².